The number of aliphatic hydroxyl groups is 1. The van der Waals surface area contributed by atoms with E-state index in [1.807, 2.05) is 63.3 Å². The number of aliphatic hydroxyl groups excluding tert-OH is 1. The van der Waals surface area contributed by atoms with Crippen LogP contribution in [0.5, 0.6) is 0 Å². The molecule has 7 nitrogen and oxygen atoms in total. The maximum Gasteiger partial charge on any atom is 0.309 e. The second-order valence-electron chi connectivity index (χ2n) is 11.6. The Morgan fingerprint density at radius 2 is 1.68 bits per heavy atom. The van der Waals surface area contributed by atoms with Crippen molar-refractivity contribution in [1.82, 2.24) is 10.6 Å². The van der Waals surface area contributed by atoms with Crippen LogP contribution in [-0.2, 0) is 32.0 Å². The number of ether oxygens (including phenoxy) is 1. The van der Waals surface area contributed by atoms with Gasteiger partial charge in [-0.2, -0.15) is 0 Å². The molecule has 3 rings (SSSR count). The zero-order valence-electron chi connectivity index (χ0n) is 23.6. The summed E-state index contributed by atoms with van der Waals surface area (Å²) in [5.74, 6) is -2.42. The first-order chi connectivity index (χ1) is 19.0. The quantitative estimate of drug-likeness (QED) is 0.337. The molecule has 0 aliphatic carbocycles. The number of halogens is 1. The van der Waals surface area contributed by atoms with E-state index in [1.165, 1.54) is 12.1 Å². The second kappa shape index (κ2) is 14.7. The lowest BCUT2D eigenvalue weighted by Gasteiger charge is -2.33. The molecule has 2 aromatic rings. The van der Waals surface area contributed by atoms with Crippen molar-refractivity contribution < 1.29 is 28.6 Å². The van der Waals surface area contributed by atoms with Gasteiger partial charge in [0, 0.05) is 6.42 Å². The highest BCUT2D eigenvalue weighted by Crippen LogP contribution is 2.24. The normalized spacial score (nSPS) is 22.2. The second-order valence-corrected chi connectivity index (χ2v) is 11.6. The number of hydrogen-bond acceptors (Lipinski definition) is 5. The standard InChI is InChI=1S/C32H41FN2O5/c1-32(2,3)28-21-40-31(39)25(17-23-13-15-26(33)16-14-23)12-8-7-11-24(30(38)35-28)19-29(37)34-27(20-36)18-22-9-5-4-6-10-22/h4-10,13-16,24-25,27-28,36H,11-12,17-21H2,1-3H3,(H,34,37)(H,35,38)/b8-7-/t24-,25+,27-,28+/m0/s1. The van der Waals surface area contributed by atoms with Crippen LogP contribution < -0.4 is 10.6 Å². The maximum absolute atomic E-state index is 13.4. The van der Waals surface area contributed by atoms with Crippen LogP contribution in [0.15, 0.2) is 66.7 Å². The van der Waals surface area contributed by atoms with Crippen molar-refractivity contribution in [2.45, 2.75) is 65.0 Å². The number of rotatable bonds is 8. The fourth-order valence-electron chi connectivity index (χ4n) is 4.62. The molecule has 1 heterocycles. The summed E-state index contributed by atoms with van der Waals surface area (Å²) in [6, 6.07) is 14.7. The van der Waals surface area contributed by atoms with Crippen LogP contribution in [0.3, 0.4) is 0 Å². The van der Waals surface area contributed by atoms with E-state index in [2.05, 4.69) is 10.6 Å². The van der Waals surface area contributed by atoms with Crippen molar-refractivity contribution in [3.05, 3.63) is 83.7 Å². The van der Waals surface area contributed by atoms with Crippen LogP contribution in [0, 0.1) is 23.1 Å². The van der Waals surface area contributed by atoms with E-state index in [4.69, 9.17) is 4.74 Å². The number of benzene rings is 2. The number of carbonyl (C=O) groups excluding carboxylic acids is 3. The average molecular weight is 553 g/mol. The van der Waals surface area contributed by atoms with Gasteiger partial charge in [0.05, 0.1) is 30.5 Å². The first-order valence-electron chi connectivity index (χ1n) is 13.9. The van der Waals surface area contributed by atoms with Crippen LogP contribution in [-0.4, -0.2) is 48.2 Å². The molecule has 0 aromatic heterocycles. The molecule has 0 bridgehead atoms. The van der Waals surface area contributed by atoms with E-state index in [1.54, 1.807) is 12.1 Å². The van der Waals surface area contributed by atoms with Crippen LogP contribution in [0.4, 0.5) is 4.39 Å². The number of cyclic esters (lactones) is 1. The molecule has 8 heteroatoms. The Hall–Kier alpha value is -3.52. The molecular formula is C32H41FN2O5. The molecule has 1 aliphatic heterocycles. The van der Waals surface area contributed by atoms with Gasteiger partial charge in [0.15, 0.2) is 0 Å². The largest absolute Gasteiger partial charge is 0.463 e. The fraction of sp³-hybridized carbons (Fsp3) is 0.469. The summed E-state index contributed by atoms with van der Waals surface area (Å²) < 4.78 is 19.0. The number of esters is 1. The van der Waals surface area contributed by atoms with Crippen LogP contribution in [0.1, 0.15) is 51.2 Å². The molecule has 40 heavy (non-hydrogen) atoms. The molecule has 0 unspecified atom stereocenters. The predicted octanol–water partition coefficient (Wildman–Crippen LogP) is 4.13. The molecule has 1 aliphatic rings. The average Bonchev–Trinajstić information content (AvgIpc) is 2.91. The molecule has 0 saturated heterocycles. The molecule has 0 saturated carbocycles. The van der Waals surface area contributed by atoms with E-state index in [-0.39, 0.29) is 43.2 Å². The molecular weight excluding hydrogens is 511 g/mol. The minimum atomic E-state index is -0.636. The van der Waals surface area contributed by atoms with Gasteiger partial charge in [0.2, 0.25) is 11.8 Å². The molecule has 216 valence electrons. The van der Waals surface area contributed by atoms with Gasteiger partial charge < -0.3 is 20.5 Å². The maximum atomic E-state index is 13.4. The SMILES string of the molecule is CC(C)(C)[C@H]1COC(=O)[C@@H](Cc2ccc(F)cc2)C/C=C\C[C@@H](CC(=O)N[C@H](CO)Cc2ccccc2)C(=O)N1. The third-order valence-corrected chi connectivity index (χ3v) is 7.20. The van der Waals surface area contributed by atoms with Crippen molar-refractivity contribution in [2.24, 2.45) is 17.3 Å². The zero-order valence-corrected chi connectivity index (χ0v) is 23.6. The summed E-state index contributed by atoms with van der Waals surface area (Å²) in [5, 5.41) is 15.7. The molecule has 0 spiro atoms. The van der Waals surface area contributed by atoms with Gasteiger partial charge in [-0.15, -0.1) is 0 Å². The van der Waals surface area contributed by atoms with Gasteiger partial charge in [-0.25, -0.2) is 4.39 Å². The van der Waals surface area contributed by atoms with Crippen molar-refractivity contribution in [2.75, 3.05) is 13.2 Å². The Morgan fingerprint density at radius 3 is 2.30 bits per heavy atom. The monoisotopic (exact) mass is 552 g/mol. The number of hydrogen-bond donors (Lipinski definition) is 3. The van der Waals surface area contributed by atoms with Crippen molar-refractivity contribution in [3.63, 3.8) is 0 Å². The zero-order chi connectivity index (χ0) is 29.1. The van der Waals surface area contributed by atoms with Gasteiger partial charge >= 0.3 is 5.97 Å². The highest BCUT2D eigenvalue weighted by Gasteiger charge is 2.32. The van der Waals surface area contributed by atoms with Gasteiger partial charge in [0.25, 0.3) is 0 Å². The smallest absolute Gasteiger partial charge is 0.309 e. The molecule has 0 radical (unpaired) electrons. The lowest BCUT2D eigenvalue weighted by atomic mass is 9.86. The van der Waals surface area contributed by atoms with E-state index in [0.717, 1.165) is 11.1 Å². The topological polar surface area (TPSA) is 105 Å². The summed E-state index contributed by atoms with van der Waals surface area (Å²) in [5.41, 5.74) is 1.41. The van der Waals surface area contributed by atoms with Gasteiger partial charge in [-0.3, -0.25) is 14.4 Å². The van der Waals surface area contributed by atoms with E-state index >= 15 is 0 Å². The highest BCUT2D eigenvalue weighted by molar-refractivity contribution is 5.86. The minimum Gasteiger partial charge on any atom is -0.463 e. The Bertz CT molecular complexity index is 1140. The minimum absolute atomic E-state index is 0.000282. The fourth-order valence-corrected chi connectivity index (χ4v) is 4.62. The first kappa shape index (κ1) is 31.0. The Balaban J connectivity index is 1.73. The number of nitrogens with one attached hydrogen (secondary N) is 2. The first-order valence-corrected chi connectivity index (χ1v) is 13.9. The van der Waals surface area contributed by atoms with E-state index < -0.39 is 29.3 Å². The Morgan fingerprint density at radius 1 is 1.02 bits per heavy atom. The lowest BCUT2D eigenvalue weighted by molar-refractivity contribution is -0.151. The van der Waals surface area contributed by atoms with E-state index in [0.29, 0.717) is 25.7 Å². The van der Waals surface area contributed by atoms with Gasteiger partial charge in [-0.1, -0.05) is 75.4 Å². The van der Waals surface area contributed by atoms with Crippen molar-refractivity contribution in [1.29, 1.82) is 0 Å². The van der Waals surface area contributed by atoms with Crippen molar-refractivity contribution in [3.8, 4) is 0 Å². The number of carbonyl (C=O) groups is 3. The van der Waals surface area contributed by atoms with Gasteiger partial charge in [0.1, 0.15) is 12.4 Å². The van der Waals surface area contributed by atoms with Gasteiger partial charge in [-0.05, 0) is 54.4 Å². The van der Waals surface area contributed by atoms with E-state index in [9.17, 15) is 23.9 Å². The lowest BCUT2D eigenvalue weighted by Crippen LogP contribution is -2.50. The van der Waals surface area contributed by atoms with Crippen LogP contribution in [0.25, 0.3) is 0 Å². The summed E-state index contributed by atoms with van der Waals surface area (Å²) in [6.45, 7) is 5.63. The third-order valence-electron chi connectivity index (χ3n) is 7.20. The molecule has 2 amide bonds. The summed E-state index contributed by atoms with van der Waals surface area (Å²) in [4.78, 5) is 39.3. The summed E-state index contributed by atoms with van der Waals surface area (Å²) >= 11 is 0. The van der Waals surface area contributed by atoms with Crippen LogP contribution in [0.2, 0.25) is 0 Å². The Kier molecular flexibility index (Phi) is 11.4. The molecule has 3 N–H and O–H groups in total. The third kappa shape index (κ3) is 9.90. The summed E-state index contributed by atoms with van der Waals surface area (Å²) in [7, 11) is 0. The van der Waals surface area contributed by atoms with Crippen molar-refractivity contribution >= 4 is 17.8 Å². The number of allylic oxidation sites excluding steroid dienone is 2. The Labute approximate surface area is 236 Å². The highest BCUT2D eigenvalue weighted by atomic mass is 19.1. The molecule has 4 atom stereocenters. The number of amides is 2. The molecule has 0 fully saturated rings. The summed E-state index contributed by atoms with van der Waals surface area (Å²) in [6.07, 6.45) is 5.19. The molecule has 2 aromatic carbocycles. The van der Waals surface area contributed by atoms with Crippen LogP contribution >= 0.6 is 0 Å². The predicted molar refractivity (Wildman–Crippen MR) is 152 cm³/mol.